The Morgan fingerprint density at radius 1 is 1.25 bits per heavy atom. The predicted octanol–water partition coefficient (Wildman–Crippen LogP) is 4.62. The summed E-state index contributed by atoms with van der Waals surface area (Å²) in [7, 11) is 0. The molecule has 0 bridgehead atoms. The molecule has 0 aromatic carbocycles. The lowest BCUT2D eigenvalue weighted by molar-refractivity contribution is 0.525. The summed E-state index contributed by atoms with van der Waals surface area (Å²) in [6.45, 7) is 9.16. The lowest BCUT2D eigenvalue weighted by Crippen LogP contribution is -2.07. The summed E-state index contributed by atoms with van der Waals surface area (Å²) in [6, 6.07) is 3.91. The predicted molar refractivity (Wildman–Crippen MR) is 85.1 cm³/mol. The molecular weight excluding hydrogens is 318 g/mol. The van der Waals surface area contributed by atoms with E-state index >= 15 is 0 Å². The molecule has 5 heteroatoms. The smallest absolute Gasteiger partial charge is 0.197 e. The molecule has 0 atom stereocenters. The molecule has 1 N–H and O–H groups in total. The second kappa shape index (κ2) is 6.39. The van der Waals surface area contributed by atoms with Crippen LogP contribution in [0.2, 0.25) is 0 Å². The summed E-state index contributed by atoms with van der Waals surface area (Å²) in [5, 5.41) is 3.26. The van der Waals surface area contributed by atoms with Crippen molar-refractivity contribution in [1.82, 2.24) is 9.97 Å². The zero-order chi connectivity index (χ0) is 14.7. The molecule has 4 nitrogen and oxygen atoms in total. The molecule has 108 valence electrons. The highest BCUT2D eigenvalue weighted by atomic mass is 79.9. The number of aromatic nitrogens is 2. The molecule has 0 amide bonds. The van der Waals surface area contributed by atoms with Crippen LogP contribution in [0.3, 0.4) is 0 Å². The number of rotatable bonds is 5. The van der Waals surface area contributed by atoms with Crippen molar-refractivity contribution in [2.75, 3.05) is 11.9 Å². The van der Waals surface area contributed by atoms with Crippen LogP contribution in [0, 0.1) is 0 Å². The molecule has 0 saturated carbocycles. The van der Waals surface area contributed by atoms with Crippen molar-refractivity contribution in [3.05, 3.63) is 28.1 Å². The van der Waals surface area contributed by atoms with Gasteiger partial charge in [-0.05, 0) is 40.9 Å². The Morgan fingerprint density at radius 2 is 2.00 bits per heavy atom. The van der Waals surface area contributed by atoms with Gasteiger partial charge in [-0.3, -0.25) is 0 Å². The second-order valence-corrected chi connectivity index (χ2v) is 5.69. The molecule has 2 aromatic rings. The van der Waals surface area contributed by atoms with E-state index in [-0.39, 0.29) is 0 Å². The van der Waals surface area contributed by atoms with Crippen LogP contribution in [0.1, 0.15) is 45.1 Å². The van der Waals surface area contributed by atoms with E-state index in [0.717, 1.165) is 40.5 Å². The van der Waals surface area contributed by atoms with Crippen LogP contribution < -0.4 is 5.32 Å². The Morgan fingerprint density at radius 3 is 2.55 bits per heavy atom. The van der Waals surface area contributed by atoms with Crippen molar-refractivity contribution in [1.29, 1.82) is 0 Å². The van der Waals surface area contributed by atoms with E-state index in [1.54, 1.807) is 0 Å². The van der Waals surface area contributed by atoms with Crippen LogP contribution in [-0.4, -0.2) is 16.5 Å². The van der Waals surface area contributed by atoms with Crippen molar-refractivity contribution < 1.29 is 4.42 Å². The van der Waals surface area contributed by atoms with Crippen LogP contribution in [0.4, 0.5) is 5.82 Å². The molecule has 0 aliphatic carbocycles. The Balaban J connectivity index is 2.52. The second-order valence-electron chi connectivity index (χ2n) is 4.90. The first-order valence-corrected chi connectivity index (χ1v) is 7.76. The van der Waals surface area contributed by atoms with E-state index in [0.29, 0.717) is 11.7 Å². The first kappa shape index (κ1) is 15.0. The number of halogens is 1. The van der Waals surface area contributed by atoms with Gasteiger partial charge in [0.05, 0.1) is 10.2 Å². The number of nitrogens with one attached hydrogen (secondary N) is 1. The number of furan rings is 1. The van der Waals surface area contributed by atoms with Crippen LogP contribution >= 0.6 is 15.9 Å². The van der Waals surface area contributed by atoms with Gasteiger partial charge in [-0.1, -0.05) is 20.8 Å². The molecule has 0 aliphatic rings. The van der Waals surface area contributed by atoms with Crippen molar-refractivity contribution in [3.8, 4) is 11.6 Å². The molecule has 0 radical (unpaired) electrons. The fraction of sp³-hybridized carbons (Fsp3) is 0.467. The standard InChI is InChI=1S/C15H20BrN3O/c1-5-10-7-8-11(20-10)14-18-13(9(3)4)12(16)15(19-14)17-6-2/h7-9H,5-6H2,1-4H3,(H,17,18,19). The largest absolute Gasteiger partial charge is 0.458 e. The third-order valence-corrected chi connectivity index (χ3v) is 3.78. The zero-order valence-corrected chi connectivity index (χ0v) is 13.9. The fourth-order valence-corrected chi connectivity index (χ4v) is 2.71. The van der Waals surface area contributed by atoms with Gasteiger partial charge < -0.3 is 9.73 Å². The highest BCUT2D eigenvalue weighted by molar-refractivity contribution is 9.10. The minimum atomic E-state index is 0.309. The SMILES string of the molecule is CCNc1nc(-c2ccc(CC)o2)nc(C(C)C)c1Br. The lowest BCUT2D eigenvalue weighted by atomic mass is 10.1. The third-order valence-electron chi connectivity index (χ3n) is 3.00. The van der Waals surface area contributed by atoms with Gasteiger partial charge in [0.1, 0.15) is 11.6 Å². The summed E-state index contributed by atoms with van der Waals surface area (Å²) >= 11 is 3.59. The van der Waals surface area contributed by atoms with Crippen molar-refractivity contribution >= 4 is 21.7 Å². The molecule has 0 fully saturated rings. The average molecular weight is 338 g/mol. The monoisotopic (exact) mass is 337 g/mol. The number of aryl methyl sites for hydroxylation is 1. The highest BCUT2D eigenvalue weighted by Gasteiger charge is 2.17. The Bertz CT molecular complexity index is 593. The first-order valence-electron chi connectivity index (χ1n) is 6.97. The maximum absolute atomic E-state index is 5.76. The topological polar surface area (TPSA) is 51.0 Å². The van der Waals surface area contributed by atoms with Crippen LogP contribution in [0.15, 0.2) is 21.0 Å². The van der Waals surface area contributed by atoms with Gasteiger partial charge >= 0.3 is 0 Å². The summed E-state index contributed by atoms with van der Waals surface area (Å²) in [4.78, 5) is 9.20. The van der Waals surface area contributed by atoms with Gasteiger partial charge in [0.2, 0.25) is 0 Å². The van der Waals surface area contributed by atoms with Crippen molar-refractivity contribution in [2.45, 2.75) is 40.0 Å². The maximum atomic E-state index is 5.76. The van der Waals surface area contributed by atoms with Crippen LogP contribution in [0.5, 0.6) is 0 Å². The Labute approximate surface area is 128 Å². The first-order chi connectivity index (χ1) is 9.56. The third kappa shape index (κ3) is 3.03. The van der Waals surface area contributed by atoms with E-state index in [1.165, 1.54) is 0 Å². The molecule has 0 spiro atoms. The summed E-state index contributed by atoms with van der Waals surface area (Å²) in [5.74, 6) is 3.42. The minimum absolute atomic E-state index is 0.309. The van der Waals surface area contributed by atoms with E-state index in [2.05, 4.69) is 52.0 Å². The van der Waals surface area contributed by atoms with Gasteiger partial charge in [-0.25, -0.2) is 9.97 Å². The quantitative estimate of drug-likeness (QED) is 0.864. The molecule has 0 saturated heterocycles. The number of nitrogens with zero attached hydrogens (tertiary/aromatic N) is 2. The van der Waals surface area contributed by atoms with Crippen LogP contribution in [-0.2, 0) is 6.42 Å². The van der Waals surface area contributed by atoms with Crippen molar-refractivity contribution in [2.24, 2.45) is 0 Å². The van der Waals surface area contributed by atoms with Gasteiger partial charge in [0.25, 0.3) is 0 Å². The molecule has 2 heterocycles. The van der Waals surface area contributed by atoms with Gasteiger partial charge in [-0.15, -0.1) is 0 Å². The number of anilines is 1. The number of hydrogen-bond donors (Lipinski definition) is 1. The normalized spacial score (nSPS) is 11.1. The molecule has 20 heavy (non-hydrogen) atoms. The maximum Gasteiger partial charge on any atom is 0.197 e. The number of hydrogen-bond acceptors (Lipinski definition) is 4. The summed E-state index contributed by atoms with van der Waals surface area (Å²) in [6.07, 6.45) is 0.869. The Kier molecular flexibility index (Phi) is 4.81. The van der Waals surface area contributed by atoms with E-state index < -0.39 is 0 Å². The molecule has 2 aromatic heterocycles. The molecule has 2 rings (SSSR count). The average Bonchev–Trinajstić information content (AvgIpc) is 2.89. The molecular formula is C15H20BrN3O. The summed E-state index contributed by atoms with van der Waals surface area (Å²) < 4.78 is 6.69. The van der Waals surface area contributed by atoms with Crippen molar-refractivity contribution in [3.63, 3.8) is 0 Å². The zero-order valence-electron chi connectivity index (χ0n) is 12.3. The molecule has 0 unspecified atom stereocenters. The highest BCUT2D eigenvalue weighted by Crippen LogP contribution is 2.31. The summed E-state index contributed by atoms with van der Waals surface area (Å²) in [5.41, 5.74) is 0.986. The van der Waals surface area contributed by atoms with E-state index in [4.69, 9.17) is 4.42 Å². The van der Waals surface area contributed by atoms with Gasteiger partial charge in [-0.2, -0.15) is 0 Å². The molecule has 0 aliphatic heterocycles. The fourth-order valence-electron chi connectivity index (χ4n) is 1.93. The minimum Gasteiger partial charge on any atom is -0.458 e. The van der Waals surface area contributed by atoms with E-state index in [1.807, 2.05) is 19.1 Å². The Hall–Kier alpha value is -1.36. The van der Waals surface area contributed by atoms with Gasteiger partial charge in [0, 0.05) is 13.0 Å². The van der Waals surface area contributed by atoms with E-state index in [9.17, 15) is 0 Å². The van der Waals surface area contributed by atoms with Crippen LogP contribution in [0.25, 0.3) is 11.6 Å². The van der Waals surface area contributed by atoms with Gasteiger partial charge in [0.15, 0.2) is 11.6 Å². The lowest BCUT2D eigenvalue weighted by Gasteiger charge is -2.13.